The molecule has 0 bridgehead atoms. The van der Waals surface area contributed by atoms with Crippen LogP contribution in [0.1, 0.15) is 31.7 Å². The Morgan fingerprint density at radius 2 is 2.10 bits per heavy atom. The Morgan fingerprint density at radius 1 is 1.40 bits per heavy atom. The molecule has 1 heterocycles. The number of piperidine rings is 1. The van der Waals surface area contributed by atoms with Crippen molar-refractivity contribution in [1.82, 2.24) is 4.90 Å². The fourth-order valence-corrected chi connectivity index (χ4v) is 2.90. The van der Waals surface area contributed by atoms with Crippen LogP contribution in [0.5, 0.6) is 5.75 Å². The van der Waals surface area contributed by atoms with E-state index in [1.165, 1.54) is 6.42 Å². The highest BCUT2D eigenvalue weighted by Crippen LogP contribution is 2.27. The molecule has 20 heavy (non-hydrogen) atoms. The van der Waals surface area contributed by atoms with Gasteiger partial charge in [0.2, 0.25) is 0 Å². The van der Waals surface area contributed by atoms with Crippen molar-refractivity contribution in [2.24, 2.45) is 5.73 Å². The second kappa shape index (κ2) is 7.09. The molecule has 2 N–H and O–H groups in total. The van der Waals surface area contributed by atoms with Gasteiger partial charge in [-0.2, -0.15) is 0 Å². The van der Waals surface area contributed by atoms with E-state index >= 15 is 0 Å². The van der Waals surface area contributed by atoms with Crippen LogP contribution in [0.25, 0.3) is 0 Å². The number of hydrogen-bond donors (Lipinski definition) is 1. The second-order valence-electron chi connectivity index (χ2n) is 5.11. The molecule has 0 radical (unpaired) electrons. The van der Waals surface area contributed by atoms with Gasteiger partial charge in [0.15, 0.2) is 6.10 Å². The number of carbonyl (C=O) groups excluding carboxylic acids is 1. The summed E-state index contributed by atoms with van der Waals surface area (Å²) in [6, 6.07) is 5.69. The van der Waals surface area contributed by atoms with Crippen LogP contribution in [0.4, 0.5) is 0 Å². The zero-order valence-electron chi connectivity index (χ0n) is 11.8. The van der Waals surface area contributed by atoms with Gasteiger partial charge in [0.1, 0.15) is 5.75 Å². The van der Waals surface area contributed by atoms with Crippen molar-refractivity contribution in [3.05, 3.63) is 28.2 Å². The number of halogens is 1. The molecule has 1 saturated heterocycles. The molecule has 0 aromatic heterocycles. The molecule has 2 rings (SSSR count). The van der Waals surface area contributed by atoms with Gasteiger partial charge in [0.05, 0.1) is 4.47 Å². The molecule has 0 saturated carbocycles. The van der Waals surface area contributed by atoms with E-state index < -0.39 is 6.10 Å². The minimum Gasteiger partial charge on any atom is -0.480 e. The van der Waals surface area contributed by atoms with Gasteiger partial charge in [-0.1, -0.05) is 6.07 Å². The van der Waals surface area contributed by atoms with Gasteiger partial charge in [-0.15, -0.1) is 0 Å². The molecular weight excluding hydrogens is 320 g/mol. The zero-order valence-corrected chi connectivity index (χ0v) is 13.4. The molecule has 1 aromatic carbocycles. The first-order valence-electron chi connectivity index (χ1n) is 7.05. The average molecular weight is 341 g/mol. The lowest BCUT2D eigenvalue weighted by Gasteiger charge is -2.29. The molecule has 0 aliphatic carbocycles. The first-order valence-corrected chi connectivity index (χ1v) is 7.85. The quantitative estimate of drug-likeness (QED) is 0.916. The van der Waals surface area contributed by atoms with Crippen LogP contribution in [0.2, 0.25) is 0 Å². The van der Waals surface area contributed by atoms with E-state index in [-0.39, 0.29) is 5.91 Å². The van der Waals surface area contributed by atoms with Crippen molar-refractivity contribution in [3.8, 4) is 5.75 Å². The number of rotatable bonds is 4. The fourth-order valence-electron chi connectivity index (χ4n) is 2.38. The SMILES string of the molecule is CC(Oc1ccc(CN)cc1Br)C(=O)N1CCCCC1. The topological polar surface area (TPSA) is 55.6 Å². The van der Waals surface area contributed by atoms with Crippen LogP contribution >= 0.6 is 15.9 Å². The fraction of sp³-hybridized carbons (Fsp3) is 0.533. The molecule has 1 amide bonds. The number of amides is 1. The van der Waals surface area contributed by atoms with Crippen molar-refractivity contribution < 1.29 is 9.53 Å². The normalized spacial score (nSPS) is 16.9. The molecule has 1 aliphatic heterocycles. The maximum absolute atomic E-state index is 12.3. The predicted molar refractivity (Wildman–Crippen MR) is 82.6 cm³/mol. The van der Waals surface area contributed by atoms with Crippen molar-refractivity contribution in [3.63, 3.8) is 0 Å². The van der Waals surface area contributed by atoms with Crippen molar-refractivity contribution in [2.75, 3.05) is 13.1 Å². The Hall–Kier alpha value is -1.07. The molecule has 4 nitrogen and oxygen atoms in total. The number of benzene rings is 1. The highest BCUT2D eigenvalue weighted by Gasteiger charge is 2.23. The van der Waals surface area contributed by atoms with Crippen molar-refractivity contribution in [1.29, 1.82) is 0 Å². The molecule has 5 heteroatoms. The summed E-state index contributed by atoms with van der Waals surface area (Å²) >= 11 is 3.46. The summed E-state index contributed by atoms with van der Waals surface area (Å²) < 4.78 is 6.61. The first-order chi connectivity index (χ1) is 9.61. The molecule has 1 atom stereocenters. The third kappa shape index (κ3) is 3.73. The van der Waals surface area contributed by atoms with Gasteiger partial charge in [0.25, 0.3) is 5.91 Å². The Morgan fingerprint density at radius 3 is 2.70 bits per heavy atom. The van der Waals surface area contributed by atoms with E-state index in [2.05, 4.69) is 15.9 Å². The van der Waals surface area contributed by atoms with Crippen LogP contribution < -0.4 is 10.5 Å². The third-order valence-corrected chi connectivity index (χ3v) is 4.17. The number of likely N-dealkylation sites (tertiary alicyclic amines) is 1. The Bertz CT molecular complexity index is 473. The summed E-state index contributed by atoms with van der Waals surface area (Å²) in [5.74, 6) is 0.750. The van der Waals surface area contributed by atoms with Gasteiger partial charge in [0, 0.05) is 19.6 Å². The number of nitrogens with two attached hydrogens (primary N) is 1. The number of ether oxygens (including phenoxy) is 1. The predicted octanol–water partition coefficient (Wildman–Crippen LogP) is 2.69. The van der Waals surface area contributed by atoms with E-state index in [0.717, 1.165) is 36.0 Å². The lowest BCUT2D eigenvalue weighted by molar-refractivity contribution is -0.138. The maximum Gasteiger partial charge on any atom is 0.263 e. The minimum absolute atomic E-state index is 0.0690. The molecule has 110 valence electrons. The lowest BCUT2D eigenvalue weighted by atomic mass is 10.1. The summed E-state index contributed by atoms with van der Waals surface area (Å²) in [6.45, 7) is 3.99. The monoisotopic (exact) mass is 340 g/mol. The van der Waals surface area contributed by atoms with Gasteiger partial charge in [-0.3, -0.25) is 4.79 Å². The van der Waals surface area contributed by atoms with E-state index in [4.69, 9.17) is 10.5 Å². The zero-order chi connectivity index (χ0) is 14.5. The Labute approximate surface area is 128 Å². The van der Waals surface area contributed by atoms with E-state index in [0.29, 0.717) is 12.3 Å². The van der Waals surface area contributed by atoms with E-state index in [9.17, 15) is 4.79 Å². The minimum atomic E-state index is -0.465. The summed E-state index contributed by atoms with van der Waals surface area (Å²) in [5, 5.41) is 0. The summed E-state index contributed by atoms with van der Waals surface area (Å²) in [6.07, 6.45) is 2.93. The van der Waals surface area contributed by atoms with Crippen LogP contribution in [-0.2, 0) is 11.3 Å². The molecule has 1 unspecified atom stereocenters. The standard InChI is InChI=1S/C15H21BrN2O2/c1-11(15(19)18-7-3-2-4-8-18)20-14-6-5-12(10-17)9-13(14)16/h5-6,9,11H,2-4,7-8,10,17H2,1H3. The lowest BCUT2D eigenvalue weighted by Crippen LogP contribution is -2.43. The third-order valence-electron chi connectivity index (χ3n) is 3.55. The van der Waals surface area contributed by atoms with E-state index in [1.54, 1.807) is 6.92 Å². The molecule has 0 spiro atoms. The van der Waals surface area contributed by atoms with Crippen LogP contribution in [-0.4, -0.2) is 30.0 Å². The number of hydrogen-bond acceptors (Lipinski definition) is 3. The first kappa shape index (κ1) is 15.3. The van der Waals surface area contributed by atoms with Gasteiger partial charge < -0.3 is 15.4 Å². The van der Waals surface area contributed by atoms with Crippen molar-refractivity contribution in [2.45, 2.75) is 38.8 Å². The number of carbonyl (C=O) groups is 1. The molecule has 1 aliphatic rings. The molecule has 1 fully saturated rings. The van der Waals surface area contributed by atoms with Gasteiger partial charge in [-0.25, -0.2) is 0 Å². The second-order valence-corrected chi connectivity index (χ2v) is 5.97. The van der Waals surface area contributed by atoms with Crippen LogP contribution in [0, 0.1) is 0 Å². The largest absolute Gasteiger partial charge is 0.480 e. The number of nitrogens with zero attached hydrogens (tertiary/aromatic N) is 1. The smallest absolute Gasteiger partial charge is 0.263 e. The van der Waals surface area contributed by atoms with Gasteiger partial charge in [-0.05, 0) is 59.8 Å². The Kier molecular flexibility index (Phi) is 5.43. The Balaban J connectivity index is 1.99. The maximum atomic E-state index is 12.3. The molecular formula is C15H21BrN2O2. The highest BCUT2D eigenvalue weighted by molar-refractivity contribution is 9.10. The van der Waals surface area contributed by atoms with Gasteiger partial charge >= 0.3 is 0 Å². The van der Waals surface area contributed by atoms with Crippen LogP contribution in [0.3, 0.4) is 0 Å². The summed E-state index contributed by atoms with van der Waals surface area (Å²) in [5.41, 5.74) is 6.62. The summed E-state index contributed by atoms with van der Waals surface area (Å²) in [4.78, 5) is 14.2. The average Bonchev–Trinajstić information content (AvgIpc) is 2.49. The van der Waals surface area contributed by atoms with E-state index in [1.807, 2.05) is 23.1 Å². The molecule has 1 aromatic rings. The van der Waals surface area contributed by atoms with Crippen LogP contribution in [0.15, 0.2) is 22.7 Å². The highest BCUT2D eigenvalue weighted by atomic mass is 79.9. The van der Waals surface area contributed by atoms with Crippen molar-refractivity contribution >= 4 is 21.8 Å². The summed E-state index contributed by atoms with van der Waals surface area (Å²) in [7, 11) is 0.